The van der Waals surface area contributed by atoms with E-state index in [-0.39, 0.29) is 28.3 Å². The highest BCUT2D eigenvalue weighted by atomic mass is 32.1. The van der Waals surface area contributed by atoms with Crippen molar-refractivity contribution in [2.75, 3.05) is 57.3 Å². The van der Waals surface area contributed by atoms with Gasteiger partial charge in [0, 0.05) is 46.2 Å². The Labute approximate surface area is 230 Å². The molecule has 11 heteroatoms. The van der Waals surface area contributed by atoms with Crippen LogP contribution < -0.4 is 15.6 Å². The van der Waals surface area contributed by atoms with Gasteiger partial charge in [-0.05, 0) is 51.1 Å². The average Bonchev–Trinajstić information content (AvgIpc) is 3.57. The summed E-state index contributed by atoms with van der Waals surface area (Å²) >= 11 is 1.29. The lowest BCUT2D eigenvalue weighted by Crippen LogP contribution is -2.48. The van der Waals surface area contributed by atoms with Crippen molar-refractivity contribution in [3.8, 4) is 0 Å². The molecule has 5 rings (SSSR count). The van der Waals surface area contributed by atoms with Crippen LogP contribution in [0.3, 0.4) is 0 Å². The molecule has 0 radical (unpaired) electrons. The zero-order chi connectivity index (χ0) is 27.7. The van der Waals surface area contributed by atoms with E-state index >= 15 is 4.39 Å². The van der Waals surface area contributed by atoms with E-state index in [9.17, 15) is 14.4 Å². The number of anilines is 1. The Hall–Kier alpha value is -3.57. The second-order valence-corrected chi connectivity index (χ2v) is 10.9. The average molecular weight is 553 g/mol. The maximum atomic E-state index is 15.5. The van der Waals surface area contributed by atoms with Crippen molar-refractivity contribution >= 4 is 57.0 Å². The quantitative estimate of drug-likeness (QED) is 0.484. The molecule has 2 saturated heterocycles. The van der Waals surface area contributed by atoms with Crippen molar-refractivity contribution in [2.24, 2.45) is 0 Å². The van der Waals surface area contributed by atoms with Gasteiger partial charge in [0.2, 0.25) is 11.3 Å². The van der Waals surface area contributed by atoms with E-state index in [2.05, 4.69) is 21.8 Å². The number of rotatable bonds is 7. The molecule has 39 heavy (non-hydrogen) atoms. The van der Waals surface area contributed by atoms with Crippen LogP contribution in [-0.2, 0) is 4.79 Å². The maximum absolute atomic E-state index is 15.5. The molecule has 3 aromatic heterocycles. The fraction of sp³-hybridized carbons (Fsp3) is 0.429. The molecule has 0 bridgehead atoms. The number of piperazine rings is 1. The van der Waals surface area contributed by atoms with Crippen LogP contribution >= 0.6 is 11.3 Å². The maximum Gasteiger partial charge on any atom is 0.258 e. The minimum absolute atomic E-state index is 0.0169. The third-order valence-corrected chi connectivity index (χ3v) is 8.59. The van der Waals surface area contributed by atoms with Crippen LogP contribution in [0, 0.1) is 5.82 Å². The largest absolute Gasteiger partial charge is 0.351 e. The summed E-state index contributed by atoms with van der Waals surface area (Å²) in [6.07, 6.45) is 7.72. The molecule has 2 fully saturated rings. The van der Waals surface area contributed by atoms with Gasteiger partial charge in [0.15, 0.2) is 17.3 Å². The van der Waals surface area contributed by atoms with Gasteiger partial charge in [-0.15, -0.1) is 11.3 Å². The van der Waals surface area contributed by atoms with Gasteiger partial charge < -0.3 is 20.0 Å². The first-order valence-electron chi connectivity index (χ1n) is 13.3. The normalized spacial score (nSPS) is 16.6. The number of carbonyl (C=O) groups excluding carboxylic acids is 2. The van der Waals surface area contributed by atoms with Crippen LogP contribution in [0.2, 0.25) is 0 Å². The third kappa shape index (κ3) is 5.08. The molecular weight excluding hydrogens is 519 g/mol. The van der Waals surface area contributed by atoms with E-state index in [4.69, 9.17) is 0 Å². The van der Waals surface area contributed by atoms with E-state index in [0.29, 0.717) is 44.1 Å². The number of hydrogen-bond donors (Lipinski definition) is 1. The van der Waals surface area contributed by atoms with Gasteiger partial charge in [-0.25, -0.2) is 9.37 Å². The molecular formula is C28H33FN6O3S. The first-order valence-corrected chi connectivity index (χ1v) is 14.1. The number of halogens is 1. The molecule has 2 aliphatic heterocycles. The molecule has 0 atom stereocenters. The van der Waals surface area contributed by atoms with Crippen LogP contribution in [-0.4, -0.2) is 83.4 Å². The highest BCUT2D eigenvalue weighted by Gasteiger charge is 2.27. The van der Waals surface area contributed by atoms with E-state index < -0.39 is 17.2 Å². The molecule has 0 aromatic carbocycles. The monoisotopic (exact) mass is 552 g/mol. The Morgan fingerprint density at radius 1 is 1.18 bits per heavy atom. The number of fused-ring (bicyclic) bond motifs is 3. The predicted molar refractivity (Wildman–Crippen MR) is 154 cm³/mol. The Balaban J connectivity index is 1.62. The zero-order valence-corrected chi connectivity index (χ0v) is 23.2. The molecule has 0 aliphatic carbocycles. The van der Waals surface area contributed by atoms with Crippen molar-refractivity contribution in [3.05, 3.63) is 50.9 Å². The van der Waals surface area contributed by atoms with Gasteiger partial charge in [-0.3, -0.25) is 18.8 Å². The molecule has 9 nitrogen and oxygen atoms in total. The summed E-state index contributed by atoms with van der Waals surface area (Å²) in [5, 5.41) is 2.95. The SMILES string of the molecule is C=Cc1sc2c(C(=O)NCCN3CCCC3)c(=O)c3cc(F)c(N4CCN(C(C)=O)CC4)nc3n2c1/C=C\C. The van der Waals surface area contributed by atoms with Crippen LogP contribution in [0.5, 0.6) is 0 Å². The van der Waals surface area contributed by atoms with Crippen molar-refractivity contribution in [2.45, 2.75) is 26.7 Å². The van der Waals surface area contributed by atoms with E-state index in [1.807, 2.05) is 19.1 Å². The third-order valence-electron chi connectivity index (χ3n) is 7.41. The molecule has 206 valence electrons. The Morgan fingerprint density at radius 3 is 2.54 bits per heavy atom. The van der Waals surface area contributed by atoms with Crippen molar-refractivity contribution in [3.63, 3.8) is 0 Å². The van der Waals surface area contributed by atoms with E-state index in [1.54, 1.807) is 20.3 Å². The smallest absolute Gasteiger partial charge is 0.258 e. The van der Waals surface area contributed by atoms with Crippen molar-refractivity contribution < 1.29 is 14.0 Å². The fourth-order valence-corrected chi connectivity index (χ4v) is 6.49. The summed E-state index contributed by atoms with van der Waals surface area (Å²) < 4.78 is 17.3. The lowest BCUT2D eigenvalue weighted by Gasteiger charge is -2.35. The number of hydrogen-bond acceptors (Lipinski definition) is 7. The summed E-state index contributed by atoms with van der Waals surface area (Å²) in [6, 6.07) is 1.19. The molecule has 1 N–H and O–H groups in total. The minimum Gasteiger partial charge on any atom is -0.351 e. The first kappa shape index (κ1) is 27.0. The topological polar surface area (TPSA) is 90.3 Å². The molecule has 0 unspecified atom stereocenters. The van der Waals surface area contributed by atoms with E-state index in [0.717, 1.165) is 36.5 Å². The number of carbonyl (C=O) groups is 2. The van der Waals surface area contributed by atoms with Gasteiger partial charge in [0.1, 0.15) is 10.4 Å². The molecule has 0 saturated carbocycles. The number of nitrogens with one attached hydrogen (secondary N) is 1. The minimum atomic E-state index is -0.636. The summed E-state index contributed by atoms with van der Waals surface area (Å²) in [4.78, 5) is 50.6. The number of aromatic nitrogens is 2. The summed E-state index contributed by atoms with van der Waals surface area (Å²) in [6.45, 7) is 12.2. The molecule has 2 amide bonds. The summed E-state index contributed by atoms with van der Waals surface area (Å²) in [7, 11) is 0. The number of likely N-dealkylation sites (tertiary alicyclic amines) is 1. The van der Waals surface area contributed by atoms with Gasteiger partial charge in [0.05, 0.1) is 16.0 Å². The van der Waals surface area contributed by atoms with Gasteiger partial charge in [-0.2, -0.15) is 0 Å². The fourth-order valence-electron chi connectivity index (χ4n) is 5.37. The summed E-state index contributed by atoms with van der Waals surface area (Å²) in [5.41, 5.74) is 0.435. The van der Waals surface area contributed by atoms with E-state index in [1.165, 1.54) is 24.3 Å². The van der Waals surface area contributed by atoms with Gasteiger partial charge >= 0.3 is 0 Å². The van der Waals surface area contributed by atoms with Crippen molar-refractivity contribution in [1.29, 1.82) is 0 Å². The van der Waals surface area contributed by atoms with Gasteiger partial charge in [0.25, 0.3) is 5.91 Å². The Bertz CT molecular complexity index is 1530. The number of allylic oxidation sites excluding steroid dienone is 1. The lowest BCUT2D eigenvalue weighted by atomic mass is 10.1. The van der Waals surface area contributed by atoms with Gasteiger partial charge in [-0.1, -0.05) is 12.7 Å². The first-order chi connectivity index (χ1) is 18.8. The number of thiazole rings is 1. The second-order valence-electron chi connectivity index (χ2n) is 9.86. The zero-order valence-electron chi connectivity index (χ0n) is 22.3. The number of pyridine rings is 2. The van der Waals surface area contributed by atoms with Crippen LogP contribution in [0.15, 0.2) is 23.5 Å². The highest BCUT2D eigenvalue weighted by molar-refractivity contribution is 7.19. The van der Waals surface area contributed by atoms with Crippen LogP contribution in [0.4, 0.5) is 10.2 Å². The molecule has 3 aromatic rings. The summed E-state index contributed by atoms with van der Waals surface area (Å²) in [5.74, 6) is -1.01. The lowest BCUT2D eigenvalue weighted by molar-refractivity contribution is -0.129. The Morgan fingerprint density at radius 2 is 1.90 bits per heavy atom. The molecule has 5 heterocycles. The standard InChI is InChI=1S/C28H33FN6O3S/c1-4-8-21-22(5-2)39-28-23(27(38)30-9-12-32-10-6-7-11-32)24(37)19-17-20(29)26(31-25(19)35(21)28)34-15-13-33(14-16-34)18(3)36/h4-5,8,17H,2,6-7,9-16H2,1,3H3,(H,30,38)/b8-4-. The molecule has 0 spiro atoms. The number of nitrogens with zero attached hydrogens (tertiary/aromatic N) is 5. The number of amides is 2. The van der Waals surface area contributed by atoms with Crippen LogP contribution in [0.25, 0.3) is 28.0 Å². The molecule has 2 aliphatic rings. The second kappa shape index (κ2) is 11.3. The Kier molecular flexibility index (Phi) is 7.81. The highest BCUT2D eigenvalue weighted by Crippen LogP contribution is 2.32. The predicted octanol–water partition coefficient (Wildman–Crippen LogP) is 3.22. The van der Waals surface area contributed by atoms with Crippen molar-refractivity contribution in [1.82, 2.24) is 24.5 Å². The van der Waals surface area contributed by atoms with Crippen LogP contribution in [0.1, 0.15) is 47.6 Å².